The van der Waals surface area contributed by atoms with Crippen LogP contribution in [-0.2, 0) is 24.2 Å². The zero-order chi connectivity index (χ0) is 9.97. The molecule has 0 fully saturated rings. The fourth-order valence-electron chi connectivity index (χ4n) is 1.65. The average Bonchev–Trinajstić information content (AvgIpc) is 2.62. The van der Waals surface area contributed by atoms with Gasteiger partial charge in [0.25, 0.3) is 0 Å². The molecule has 1 aliphatic rings. The number of hydrogen-bond donors (Lipinski definition) is 1. The number of fused-ring (bicyclic) bond motifs is 1. The van der Waals surface area contributed by atoms with Crippen molar-refractivity contribution in [2.75, 3.05) is 13.2 Å². The molecule has 78 valence electrons. The van der Waals surface area contributed by atoms with Crippen LogP contribution in [0.5, 0.6) is 0 Å². The second-order valence-electron chi connectivity index (χ2n) is 3.88. The van der Waals surface area contributed by atoms with E-state index in [9.17, 15) is 0 Å². The van der Waals surface area contributed by atoms with Gasteiger partial charge in [-0.05, 0) is 12.5 Å². The second kappa shape index (κ2) is 4.11. The zero-order valence-corrected chi connectivity index (χ0v) is 8.45. The predicted octanol–water partition coefficient (Wildman–Crippen LogP) is 0.885. The van der Waals surface area contributed by atoms with Crippen molar-refractivity contribution < 1.29 is 9.26 Å². The molecule has 0 saturated carbocycles. The van der Waals surface area contributed by atoms with Crippen molar-refractivity contribution in [2.45, 2.75) is 26.4 Å². The van der Waals surface area contributed by atoms with Crippen LogP contribution in [0.25, 0.3) is 0 Å². The lowest BCUT2D eigenvalue weighted by atomic mass is 10.0. The Morgan fingerprint density at radius 1 is 1.57 bits per heavy atom. The summed E-state index contributed by atoms with van der Waals surface area (Å²) in [5, 5.41) is 4.05. The van der Waals surface area contributed by atoms with E-state index in [0.717, 1.165) is 36.5 Å². The van der Waals surface area contributed by atoms with Crippen LogP contribution in [-0.4, -0.2) is 18.3 Å². The molecule has 14 heavy (non-hydrogen) atoms. The number of ether oxygens (including phenoxy) is 1. The fourth-order valence-corrected chi connectivity index (χ4v) is 1.65. The van der Waals surface area contributed by atoms with Gasteiger partial charge >= 0.3 is 0 Å². The Morgan fingerprint density at radius 2 is 2.43 bits per heavy atom. The summed E-state index contributed by atoms with van der Waals surface area (Å²) in [6, 6.07) is 0. The van der Waals surface area contributed by atoms with E-state index in [1.807, 2.05) is 0 Å². The Hall–Kier alpha value is -0.870. The normalized spacial score (nSPS) is 17.9. The molecule has 0 aliphatic carbocycles. The largest absolute Gasteiger partial charge is 0.376 e. The Bertz CT molecular complexity index is 309. The topological polar surface area (TPSA) is 61.3 Å². The molecule has 1 unspecified atom stereocenters. The van der Waals surface area contributed by atoms with Crippen LogP contribution in [0.1, 0.15) is 23.9 Å². The smallest absolute Gasteiger partial charge is 0.142 e. The van der Waals surface area contributed by atoms with E-state index in [4.69, 9.17) is 15.0 Å². The van der Waals surface area contributed by atoms with E-state index in [1.165, 1.54) is 0 Å². The van der Waals surface area contributed by atoms with Gasteiger partial charge in [-0.1, -0.05) is 12.1 Å². The molecule has 2 heterocycles. The van der Waals surface area contributed by atoms with E-state index in [-0.39, 0.29) is 0 Å². The molecule has 0 aromatic carbocycles. The highest BCUT2D eigenvalue weighted by atomic mass is 16.5. The lowest BCUT2D eigenvalue weighted by Gasteiger charge is -2.11. The molecule has 1 aromatic heterocycles. The van der Waals surface area contributed by atoms with Gasteiger partial charge in [-0.25, -0.2) is 0 Å². The molecule has 1 aromatic rings. The van der Waals surface area contributed by atoms with Gasteiger partial charge in [0, 0.05) is 18.4 Å². The van der Waals surface area contributed by atoms with Crippen molar-refractivity contribution in [1.29, 1.82) is 0 Å². The molecule has 1 atom stereocenters. The van der Waals surface area contributed by atoms with Gasteiger partial charge in [-0.2, -0.15) is 0 Å². The Morgan fingerprint density at radius 3 is 3.21 bits per heavy atom. The summed E-state index contributed by atoms with van der Waals surface area (Å²) in [4.78, 5) is 0. The minimum absolute atomic E-state index is 0.439. The SMILES string of the molecule is CC(CN)Cc1onc2c1COCC2. The number of hydrogen-bond acceptors (Lipinski definition) is 4. The van der Waals surface area contributed by atoms with Gasteiger partial charge in [-0.3, -0.25) is 0 Å². The monoisotopic (exact) mass is 196 g/mol. The molecule has 0 amide bonds. The van der Waals surface area contributed by atoms with Gasteiger partial charge in [0.05, 0.1) is 18.9 Å². The van der Waals surface area contributed by atoms with E-state index >= 15 is 0 Å². The molecule has 4 heteroatoms. The molecule has 0 saturated heterocycles. The molecule has 1 aliphatic heterocycles. The Kier molecular flexibility index (Phi) is 2.84. The lowest BCUT2D eigenvalue weighted by Crippen LogP contribution is -2.15. The van der Waals surface area contributed by atoms with E-state index in [0.29, 0.717) is 19.1 Å². The molecular weight excluding hydrogens is 180 g/mol. The predicted molar refractivity (Wildman–Crippen MR) is 51.8 cm³/mol. The summed E-state index contributed by atoms with van der Waals surface area (Å²) < 4.78 is 10.7. The molecule has 2 rings (SSSR count). The highest BCUT2D eigenvalue weighted by Gasteiger charge is 2.20. The summed E-state index contributed by atoms with van der Waals surface area (Å²) in [6.45, 7) is 4.19. The van der Waals surface area contributed by atoms with Gasteiger partial charge in [0.1, 0.15) is 5.76 Å². The van der Waals surface area contributed by atoms with E-state index < -0.39 is 0 Å². The third-order valence-electron chi connectivity index (χ3n) is 2.62. The number of nitrogens with two attached hydrogens (primary N) is 1. The quantitative estimate of drug-likeness (QED) is 0.779. The molecule has 4 nitrogen and oxygen atoms in total. The van der Waals surface area contributed by atoms with Crippen LogP contribution in [0.2, 0.25) is 0 Å². The molecule has 0 spiro atoms. The van der Waals surface area contributed by atoms with Crippen molar-refractivity contribution >= 4 is 0 Å². The Labute approximate surface area is 83.4 Å². The summed E-state index contributed by atoms with van der Waals surface area (Å²) in [7, 11) is 0. The first-order valence-corrected chi connectivity index (χ1v) is 5.05. The Balaban J connectivity index is 2.14. The lowest BCUT2D eigenvalue weighted by molar-refractivity contribution is 0.109. The molecule has 0 bridgehead atoms. The highest BCUT2D eigenvalue weighted by Crippen LogP contribution is 2.22. The molecule has 0 radical (unpaired) electrons. The van der Waals surface area contributed by atoms with Crippen molar-refractivity contribution in [3.8, 4) is 0 Å². The van der Waals surface area contributed by atoms with E-state index in [1.54, 1.807) is 0 Å². The molecule has 2 N–H and O–H groups in total. The maximum Gasteiger partial charge on any atom is 0.142 e. The maximum absolute atomic E-state index is 5.57. The fraction of sp³-hybridized carbons (Fsp3) is 0.700. The maximum atomic E-state index is 5.57. The van der Waals surface area contributed by atoms with Crippen LogP contribution < -0.4 is 5.73 Å². The van der Waals surface area contributed by atoms with Gasteiger partial charge in [0.15, 0.2) is 0 Å². The van der Waals surface area contributed by atoms with Crippen LogP contribution >= 0.6 is 0 Å². The van der Waals surface area contributed by atoms with Crippen LogP contribution in [0, 0.1) is 5.92 Å². The van der Waals surface area contributed by atoms with Gasteiger partial charge < -0.3 is 15.0 Å². The van der Waals surface area contributed by atoms with Crippen molar-refractivity contribution in [2.24, 2.45) is 11.7 Å². The van der Waals surface area contributed by atoms with Gasteiger partial charge in [0.2, 0.25) is 0 Å². The van der Waals surface area contributed by atoms with Crippen LogP contribution in [0.15, 0.2) is 4.52 Å². The summed E-state index contributed by atoms with van der Waals surface area (Å²) in [6.07, 6.45) is 1.73. The number of aromatic nitrogens is 1. The third-order valence-corrected chi connectivity index (χ3v) is 2.62. The highest BCUT2D eigenvalue weighted by molar-refractivity contribution is 5.24. The number of nitrogens with zero attached hydrogens (tertiary/aromatic N) is 1. The minimum atomic E-state index is 0.439. The zero-order valence-electron chi connectivity index (χ0n) is 8.45. The first-order valence-electron chi connectivity index (χ1n) is 5.05. The van der Waals surface area contributed by atoms with Crippen molar-refractivity contribution in [3.05, 3.63) is 17.0 Å². The first-order chi connectivity index (χ1) is 6.81. The third kappa shape index (κ3) is 1.81. The van der Waals surface area contributed by atoms with E-state index in [2.05, 4.69) is 12.1 Å². The standard InChI is InChI=1S/C10H16N2O2/c1-7(5-11)4-10-8-6-13-3-2-9(8)12-14-10/h7H,2-6,11H2,1H3. The summed E-state index contributed by atoms with van der Waals surface area (Å²) >= 11 is 0. The minimum Gasteiger partial charge on any atom is -0.376 e. The average molecular weight is 196 g/mol. The van der Waals surface area contributed by atoms with Crippen LogP contribution in [0.4, 0.5) is 0 Å². The summed E-state index contributed by atoms with van der Waals surface area (Å²) in [5.41, 5.74) is 7.79. The molecular formula is C10H16N2O2. The van der Waals surface area contributed by atoms with Crippen molar-refractivity contribution in [1.82, 2.24) is 5.16 Å². The van der Waals surface area contributed by atoms with Crippen LogP contribution in [0.3, 0.4) is 0 Å². The summed E-state index contributed by atoms with van der Waals surface area (Å²) in [5.74, 6) is 1.40. The first kappa shape index (κ1) is 9.68. The number of rotatable bonds is 3. The second-order valence-corrected chi connectivity index (χ2v) is 3.88. The van der Waals surface area contributed by atoms with Gasteiger partial charge in [-0.15, -0.1) is 0 Å². The van der Waals surface area contributed by atoms with Crippen molar-refractivity contribution in [3.63, 3.8) is 0 Å².